The van der Waals surface area contributed by atoms with Crippen LogP contribution in [0.1, 0.15) is 41.3 Å². The second kappa shape index (κ2) is 5.56. The summed E-state index contributed by atoms with van der Waals surface area (Å²) in [6.07, 6.45) is 4.59. The minimum atomic E-state index is 1.17. The molecular weight excluding hydrogens is 230 g/mol. The molecule has 0 unspecified atom stereocenters. The Hall–Kier alpha value is -1.63. The summed E-state index contributed by atoms with van der Waals surface area (Å²) >= 11 is 0. The van der Waals surface area contributed by atoms with Crippen LogP contribution >= 0.6 is 0 Å². The highest BCUT2D eigenvalue weighted by Gasteiger charge is 2.17. The molecule has 0 saturated heterocycles. The van der Waals surface area contributed by atoms with Crippen molar-refractivity contribution in [2.24, 2.45) is 0 Å². The van der Waals surface area contributed by atoms with Crippen molar-refractivity contribution in [3.63, 3.8) is 0 Å². The maximum absolute atomic E-state index is 2.32. The first-order chi connectivity index (χ1) is 9.06. The molecule has 0 saturated carbocycles. The lowest BCUT2D eigenvalue weighted by Gasteiger charge is -2.10. The third-order valence-corrected chi connectivity index (χ3v) is 4.17. The normalized spacial score (nSPS) is 10.8. The van der Waals surface area contributed by atoms with Crippen molar-refractivity contribution in [1.29, 1.82) is 0 Å². The predicted molar refractivity (Wildman–Crippen MR) is 80.9 cm³/mol. The highest BCUT2D eigenvalue weighted by molar-refractivity contribution is 5.39. The molecule has 0 fully saturated rings. The zero-order valence-electron chi connectivity index (χ0n) is 12.7. The van der Waals surface area contributed by atoms with Crippen LogP contribution in [0.3, 0.4) is 0 Å². The summed E-state index contributed by atoms with van der Waals surface area (Å²) in [4.78, 5) is 0. The Morgan fingerprint density at radius 2 is 1.68 bits per heavy atom. The maximum Gasteiger partial charge on any atom is 0.214 e. The third kappa shape index (κ3) is 2.56. The SMILES string of the molecule is CCCc1cc[n+](-c2cccc(C)c2C)c(C)c1C. The molecule has 0 aliphatic carbocycles. The first-order valence-electron chi connectivity index (χ1n) is 7.13. The third-order valence-electron chi connectivity index (χ3n) is 4.17. The van der Waals surface area contributed by atoms with Crippen molar-refractivity contribution in [3.05, 3.63) is 58.4 Å². The minimum Gasteiger partial charge on any atom is -0.164 e. The largest absolute Gasteiger partial charge is 0.214 e. The fraction of sp³-hybridized carbons (Fsp3) is 0.389. The van der Waals surface area contributed by atoms with Gasteiger partial charge in [-0.25, -0.2) is 0 Å². The summed E-state index contributed by atoms with van der Waals surface area (Å²) in [7, 11) is 0. The quantitative estimate of drug-likeness (QED) is 0.724. The first kappa shape index (κ1) is 13.8. The van der Waals surface area contributed by atoms with Crippen LogP contribution < -0.4 is 4.57 Å². The molecule has 0 radical (unpaired) electrons. The lowest BCUT2D eigenvalue weighted by molar-refractivity contribution is -0.603. The fourth-order valence-electron chi connectivity index (χ4n) is 2.61. The van der Waals surface area contributed by atoms with E-state index >= 15 is 0 Å². The molecule has 0 aliphatic rings. The molecule has 0 atom stereocenters. The summed E-state index contributed by atoms with van der Waals surface area (Å²) in [6, 6.07) is 8.79. The molecule has 2 aromatic rings. The summed E-state index contributed by atoms with van der Waals surface area (Å²) < 4.78 is 2.32. The summed E-state index contributed by atoms with van der Waals surface area (Å²) in [5.74, 6) is 0. The second-order valence-electron chi connectivity index (χ2n) is 5.39. The van der Waals surface area contributed by atoms with Gasteiger partial charge in [-0.05, 0) is 38.3 Å². The molecule has 1 heteroatoms. The topological polar surface area (TPSA) is 3.88 Å². The van der Waals surface area contributed by atoms with Gasteiger partial charge in [-0.15, -0.1) is 0 Å². The van der Waals surface area contributed by atoms with Gasteiger partial charge in [-0.3, -0.25) is 0 Å². The number of aryl methyl sites for hydroxylation is 2. The van der Waals surface area contributed by atoms with E-state index in [2.05, 4.69) is 69.6 Å². The molecular formula is C18H24N+. The van der Waals surface area contributed by atoms with Gasteiger partial charge in [0, 0.05) is 30.2 Å². The Bertz CT molecular complexity index is 597. The molecule has 1 nitrogen and oxygen atoms in total. The van der Waals surface area contributed by atoms with Crippen molar-refractivity contribution in [3.8, 4) is 5.69 Å². The van der Waals surface area contributed by atoms with Crippen LogP contribution in [0.2, 0.25) is 0 Å². The van der Waals surface area contributed by atoms with Crippen LogP contribution in [0.25, 0.3) is 5.69 Å². The molecule has 0 aliphatic heterocycles. The average molecular weight is 254 g/mol. The Balaban J connectivity index is 2.58. The van der Waals surface area contributed by atoms with Crippen LogP contribution in [-0.2, 0) is 6.42 Å². The second-order valence-corrected chi connectivity index (χ2v) is 5.39. The van der Waals surface area contributed by atoms with Crippen molar-refractivity contribution in [2.45, 2.75) is 47.5 Å². The predicted octanol–water partition coefficient (Wildman–Crippen LogP) is 4.15. The van der Waals surface area contributed by atoms with E-state index in [0.29, 0.717) is 0 Å². The maximum atomic E-state index is 2.32. The van der Waals surface area contributed by atoms with Crippen molar-refractivity contribution >= 4 is 0 Å². The van der Waals surface area contributed by atoms with E-state index < -0.39 is 0 Å². The molecule has 19 heavy (non-hydrogen) atoms. The number of hydrogen-bond acceptors (Lipinski definition) is 0. The van der Waals surface area contributed by atoms with E-state index in [1.165, 1.54) is 46.5 Å². The standard InChI is InChI=1S/C18H24N/c1-6-8-17-11-12-19(16(5)15(17)4)18-10-7-9-13(2)14(18)3/h7,9-12H,6,8H2,1-5H3/q+1. The van der Waals surface area contributed by atoms with Crippen LogP contribution in [0.5, 0.6) is 0 Å². The lowest BCUT2D eigenvalue weighted by atomic mass is 10.0. The van der Waals surface area contributed by atoms with E-state index in [-0.39, 0.29) is 0 Å². The zero-order valence-corrected chi connectivity index (χ0v) is 12.7. The number of pyridine rings is 1. The molecule has 1 heterocycles. The van der Waals surface area contributed by atoms with Gasteiger partial charge >= 0.3 is 0 Å². The Labute approximate surface area is 116 Å². The van der Waals surface area contributed by atoms with E-state index in [9.17, 15) is 0 Å². The van der Waals surface area contributed by atoms with Crippen molar-refractivity contribution < 1.29 is 4.57 Å². The Kier molecular flexibility index (Phi) is 4.04. The molecule has 1 aromatic heterocycles. The minimum absolute atomic E-state index is 1.17. The van der Waals surface area contributed by atoms with Crippen molar-refractivity contribution in [2.75, 3.05) is 0 Å². The van der Waals surface area contributed by atoms with E-state index in [0.717, 1.165) is 0 Å². The number of benzene rings is 1. The molecule has 2 rings (SSSR count). The number of nitrogens with zero attached hydrogens (tertiary/aromatic N) is 1. The smallest absolute Gasteiger partial charge is 0.164 e. The van der Waals surface area contributed by atoms with E-state index in [1.807, 2.05) is 0 Å². The highest BCUT2D eigenvalue weighted by atomic mass is 15.0. The van der Waals surface area contributed by atoms with Crippen molar-refractivity contribution in [1.82, 2.24) is 0 Å². The monoisotopic (exact) mass is 254 g/mol. The average Bonchev–Trinajstić information content (AvgIpc) is 2.39. The van der Waals surface area contributed by atoms with E-state index in [1.54, 1.807) is 0 Å². The molecule has 0 amide bonds. The Morgan fingerprint density at radius 1 is 0.947 bits per heavy atom. The van der Waals surface area contributed by atoms with E-state index in [4.69, 9.17) is 0 Å². The number of aromatic nitrogens is 1. The van der Waals surface area contributed by atoms with Gasteiger partial charge in [-0.1, -0.05) is 25.5 Å². The molecule has 0 N–H and O–H groups in total. The first-order valence-corrected chi connectivity index (χ1v) is 7.13. The molecule has 0 bridgehead atoms. The van der Waals surface area contributed by atoms with Gasteiger partial charge in [0.25, 0.3) is 0 Å². The number of rotatable bonds is 3. The lowest BCUT2D eigenvalue weighted by Crippen LogP contribution is -2.36. The fourth-order valence-corrected chi connectivity index (χ4v) is 2.61. The summed E-state index contributed by atoms with van der Waals surface area (Å²) in [5.41, 5.74) is 8.24. The van der Waals surface area contributed by atoms with Crippen LogP contribution in [-0.4, -0.2) is 0 Å². The zero-order chi connectivity index (χ0) is 14.0. The highest BCUT2D eigenvalue weighted by Crippen LogP contribution is 2.16. The summed E-state index contributed by atoms with van der Waals surface area (Å²) in [6.45, 7) is 11.1. The van der Waals surface area contributed by atoms with Gasteiger partial charge in [0.15, 0.2) is 11.9 Å². The van der Waals surface area contributed by atoms with Crippen LogP contribution in [0.15, 0.2) is 30.5 Å². The van der Waals surface area contributed by atoms with Gasteiger partial charge in [0.05, 0.1) is 0 Å². The molecule has 100 valence electrons. The molecule has 1 aromatic carbocycles. The van der Waals surface area contributed by atoms with Crippen LogP contribution in [0.4, 0.5) is 0 Å². The van der Waals surface area contributed by atoms with Gasteiger partial charge in [0.2, 0.25) is 5.69 Å². The molecule has 0 spiro atoms. The Morgan fingerprint density at radius 3 is 2.37 bits per heavy atom. The van der Waals surface area contributed by atoms with Gasteiger partial charge in [-0.2, -0.15) is 4.57 Å². The number of hydrogen-bond donors (Lipinski definition) is 0. The van der Waals surface area contributed by atoms with Gasteiger partial charge in [0.1, 0.15) is 0 Å². The van der Waals surface area contributed by atoms with Gasteiger partial charge < -0.3 is 0 Å². The summed E-state index contributed by atoms with van der Waals surface area (Å²) in [5, 5.41) is 0. The van der Waals surface area contributed by atoms with Crippen LogP contribution in [0, 0.1) is 27.7 Å².